The van der Waals surface area contributed by atoms with Gasteiger partial charge in [0.1, 0.15) is 6.10 Å². The highest BCUT2D eigenvalue weighted by atomic mass is 19.3. The molecule has 1 aliphatic carbocycles. The van der Waals surface area contributed by atoms with Gasteiger partial charge in [-0.3, -0.25) is 0 Å². The second-order valence-electron chi connectivity index (χ2n) is 2.56. The van der Waals surface area contributed by atoms with Gasteiger partial charge in [-0.25, -0.2) is 8.78 Å². The van der Waals surface area contributed by atoms with Crippen molar-refractivity contribution in [1.82, 2.24) is 0 Å². The van der Waals surface area contributed by atoms with Crippen molar-refractivity contribution in [2.45, 2.75) is 24.7 Å². The number of hydrogen-bond donors (Lipinski definition) is 1. The van der Waals surface area contributed by atoms with Crippen molar-refractivity contribution < 1.29 is 18.6 Å². The van der Waals surface area contributed by atoms with Crippen molar-refractivity contribution in [3.05, 3.63) is 0 Å². The number of hydrogen-bond acceptors (Lipinski definition) is 2. The van der Waals surface area contributed by atoms with E-state index in [0.717, 1.165) is 0 Å². The van der Waals surface area contributed by atoms with Gasteiger partial charge in [0.2, 0.25) is 0 Å². The molecular formula is C5H6F2O2. The topological polar surface area (TPSA) is 32.8 Å². The second kappa shape index (κ2) is 1.27. The molecule has 0 aromatic heterocycles. The number of epoxide rings is 1. The Morgan fingerprint density at radius 2 is 2.00 bits per heavy atom. The number of halogens is 2. The molecule has 0 aromatic carbocycles. The van der Waals surface area contributed by atoms with Crippen LogP contribution in [0.2, 0.25) is 0 Å². The number of aliphatic hydroxyl groups is 1. The molecule has 9 heavy (non-hydrogen) atoms. The SMILES string of the molecule is OC1OC1[C@H]1CC1(F)F. The predicted octanol–water partition coefficient (Wildman–Crippen LogP) is 0.359. The average molecular weight is 136 g/mol. The summed E-state index contributed by atoms with van der Waals surface area (Å²) in [5.41, 5.74) is 0. The molecule has 4 heteroatoms. The third kappa shape index (κ3) is 0.737. The molecule has 52 valence electrons. The van der Waals surface area contributed by atoms with E-state index in [1.54, 1.807) is 0 Å². The highest BCUT2D eigenvalue weighted by Gasteiger charge is 2.67. The lowest BCUT2D eigenvalue weighted by Crippen LogP contribution is -2.02. The minimum Gasteiger partial charge on any atom is -0.366 e. The van der Waals surface area contributed by atoms with Gasteiger partial charge < -0.3 is 9.84 Å². The minimum absolute atomic E-state index is 0.116. The summed E-state index contributed by atoms with van der Waals surface area (Å²) >= 11 is 0. The molecule has 1 N–H and O–H groups in total. The van der Waals surface area contributed by atoms with E-state index in [2.05, 4.69) is 4.74 Å². The van der Waals surface area contributed by atoms with Crippen molar-refractivity contribution in [2.75, 3.05) is 0 Å². The molecule has 0 spiro atoms. The molecular weight excluding hydrogens is 130 g/mol. The van der Waals surface area contributed by atoms with Crippen molar-refractivity contribution in [2.24, 2.45) is 5.92 Å². The Morgan fingerprint density at radius 3 is 2.11 bits per heavy atom. The molecule has 1 saturated carbocycles. The minimum atomic E-state index is -2.55. The van der Waals surface area contributed by atoms with Crippen LogP contribution >= 0.6 is 0 Å². The van der Waals surface area contributed by atoms with Gasteiger partial charge in [-0.1, -0.05) is 0 Å². The molecule has 0 amide bonds. The summed E-state index contributed by atoms with van der Waals surface area (Å²) in [7, 11) is 0. The van der Waals surface area contributed by atoms with Gasteiger partial charge in [-0.2, -0.15) is 0 Å². The lowest BCUT2D eigenvalue weighted by atomic mass is 10.3. The Kier molecular flexibility index (Phi) is 0.784. The van der Waals surface area contributed by atoms with Gasteiger partial charge in [-0.05, 0) is 0 Å². The van der Waals surface area contributed by atoms with E-state index in [9.17, 15) is 8.78 Å². The van der Waals surface area contributed by atoms with Gasteiger partial charge >= 0.3 is 0 Å². The maximum absolute atomic E-state index is 12.1. The summed E-state index contributed by atoms with van der Waals surface area (Å²) in [4.78, 5) is 0. The first kappa shape index (κ1) is 5.56. The van der Waals surface area contributed by atoms with E-state index in [-0.39, 0.29) is 6.42 Å². The molecule has 3 atom stereocenters. The van der Waals surface area contributed by atoms with Crippen molar-refractivity contribution in [1.29, 1.82) is 0 Å². The molecule has 1 saturated heterocycles. The molecule has 0 radical (unpaired) electrons. The van der Waals surface area contributed by atoms with Crippen LogP contribution in [-0.2, 0) is 4.74 Å². The number of alkyl halides is 2. The van der Waals surface area contributed by atoms with Gasteiger partial charge in [-0.15, -0.1) is 0 Å². The number of aliphatic hydroxyl groups excluding tert-OH is 1. The second-order valence-corrected chi connectivity index (χ2v) is 2.56. The number of rotatable bonds is 1. The molecule has 2 aliphatic rings. The monoisotopic (exact) mass is 136 g/mol. The lowest BCUT2D eigenvalue weighted by Gasteiger charge is -1.87. The maximum atomic E-state index is 12.1. The normalized spacial score (nSPS) is 53.0. The highest BCUT2D eigenvalue weighted by Crippen LogP contribution is 2.55. The fourth-order valence-corrected chi connectivity index (χ4v) is 1.000. The van der Waals surface area contributed by atoms with Crippen LogP contribution in [-0.4, -0.2) is 23.4 Å². The van der Waals surface area contributed by atoms with Crippen LogP contribution < -0.4 is 0 Å². The van der Waals surface area contributed by atoms with Crippen molar-refractivity contribution in [3.8, 4) is 0 Å². The molecule has 2 rings (SSSR count). The Bertz CT molecular complexity index is 148. The van der Waals surface area contributed by atoms with Crippen molar-refractivity contribution >= 4 is 0 Å². The van der Waals surface area contributed by atoms with Crippen LogP contribution in [0.1, 0.15) is 6.42 Å². The molecule has 2 nitrogen and oxygen atoms in total. The van der Waals surface area contributed by atoms with Crippen LogP contribution in [0.4, 0.5) is 8.78 Å². The van der Waals surface area contributed by atoms with Crippen LogP contribution in [0.3, 0.4) is 0 Å². The van der Waals surface area contributed by atoms with Gasteiger partial charge in [0.05, 0.1) is 5.92 Å². The fraction of sp³-hybridized carbons (Fsp3) is 1.00. The Morgan fingerprint density at radius 1 is 1.56 bits per heavy atom. The van der Waals surface area contributed by atoms with Crippen LogP contribution in [0, 0.1) is 5.92 Å². The van der Waals surface area contributed by atoms with Crippen LogP contribution in [0.25, 0.3) is 0 Å². The first-order valence-electron chi connectivity index (χ1n) is 2.82. The Balaban J connectivity index is 1.92. The summed E-state index contributed by atoms with van der Waals surface area (Å²) in [5, 5.41) is 8.51. The maximum Gasteiger partial charge on any atom is 0.254 e. The lowest BCUT2D eigenvalue weighted by molar-refractivity contribution is 0.0919. The van der Waals surface area contributed by atoms with Gasteiger partial charge in [0.15, 0.2) is 6.29 Å². The van der Waals surface area contributed by atoms with Crippen LogP contribution in [0.5, 0.6) is 0 Å². The zero-order valence-electron chi connectivity index (χ0n) is 4.55. The fourth-order valence-electron chi connectivity index (χ4n) is 1.000. The van der Waals surface area contributed by atoms with E-state index >= 15 is 0 Å². The third-order valence-electron chi connectivity index (χ3n) is 1.77. The first-order chi connectivity index (χ1) is 4.11. The number of ether oxygens (including phenoxy) is 1. The van der Waals surface area contributed by atoms with E-state index in [1.165, 1.54) is 0 Å². The predicted molar refractivity (Wildman–Crippen MR) is 23.9 cm³/mol. The van der Waals surface area contributed by atoms with Crippen LogP contribution in [0.15, 0.2) is 0 Å². The molecule has 2 unspecified atom stereocenters. The smallest absolute Gasteiger partial charge is 0.254 e. The largest absolute Gasteiger partial charge is 0.366 e. The third-order valence-corrected chi connectivity index (χ3v) is 1.77. The molecule has 2 fully saturated rings. The Hall–Kier alpha value is -0.220. The molecule has 1 aliphatic heterocycles. The van der Waals surface area contributed by atoms with E-state index in [4.69, 9.17) is 5.11 Å². The summed E-state index contributed by atoms with van der Waals surface area (Å²) in [6, 6.07) is 0. The summed E-state index contributed by atoms with van der Waals surface area (Å²) in [6.07, 6.45) is -1.60. The molecule has 0 bridgehead atoms. The quantitative estimate of drug-likeness (QED) is 0.528. The van der Waals surface area contributed by atoms with Gasteiger partial charge in [0.25, 0.3) is 5.92 Å². The summed E-state index contributed by atoms with van der Waals surface area (Å²) in [6.45, 7) is 0. The van der Waals surface area contributed by atoms with E-state index in [0.29, 0.717) is 0 Å². The summed E-state index contributed by atoms with van der Waals surface area (Å²) in [5.74, 6) is -3.25. The average Bonchev–Trinajstić information content (AvgIpc) is 2.50. The van der Waals surface area contributed by atoms with Crippen molar-refractivity contribution in [3.63, 3.8) is 0 Å². The zero-order valence-corrected chi connectivity index (χ0v) is 4.55. The molecule has 0 aromatic rings. The first-order valence-corrected chi connectivity index (χ1v) is 2.82. The molecule has 1 heterocycles. The Labute approximate surface area is 50.4 Å². The summed E-state index contributed by atoms with van der Waals surface area (Å²) < 4.78 is 28.6. The van der Waals surface area contributed by atoms with E-state index in [1.807, 2.05) is 0 Å². The highest BCUT2D eigenvalue weighted by molar-refractivity contribution is 5.05. The van der Waals surface area contributed by atoms with E-state index < -0.39 is 24.2 Å². The standard InChI is InChI=1S/C5H6F2O2/c6-5(7)1-2(5)3-4(8)9-3/h2-4,8H,1H2/t2-,3?,4?/m1/s1. The zero-order chi connectivity index (χ0) is 6.65. The van der Waals surface area contributed by atoms with Gasteiger partial charge in [0, 0.05) is 6.42 Å².